The fourth-order valence-electron chi connectivity index (χ4n) is 10.3. The first-order chi connectivity index (χ1) is 36.2. The Balaban J connectivity index is 0.000000164. The van der Waals surface area contributed by atoms with Gasteiger partial charge in [-0.25, -0.2) is 0 Å². The predicted molar refractivity (Wildman–Crippen MR) is 317 cm³/mol. The molecule has 6 aromatic carbocycles. The van der Waals surface area contributed by atoms with Gasteiger partial charge in [-0.1, -0.05) is 162 Å². The van der Waals surface area contributed by atoms with Crippen LogP contribution in [0.5, 0.6) is 0 Å². The zero-order chi connectivity index (χ0) is 54.6. The fraction of sp³-hybridized carbons (Fsp3) is 0.333. The average Bonchev–Trinajstić information content (AvgIpc) is 4.06. The quantitative estimate of drug-likeness (QED) is 0.112. The first-order valence-electron chi connectivity index (χ1n) is 27.0. The van der Waals surface area contributed by atoms with Crippen molar-refractivity contribution in [1.29, 1.82) is 0 Å². The largest absolute Gasteiger partial charge is 2.00 e. The SMILES string of the molecule is C1#Cc2ccccc2C[CH-]c2ccccc21.CC(C)(C)C(=O)N1Cc2ccccc2C#Cc2ccccc21.CC(C)(C)C1C2CCC#CCCC21.CC(C)(C)N1C(=O)c2ccccc2C#Cc2ccccc21.C[C-](C)C.[U+2]. The molecule has 1 fully saturated rings. The number of benzene rings is 6. The van der Waals surface area contributed by atoms with Gasteiger partial charge in [0.1, 0.15) is 0 Å². The fourth-order valence-corrected chi connectivity index (χ4v) is 10.3. The van der Waals surface area contributed by atoms with E-state index in [2.05, 4.69) is 132 Å². The molecule has 2 atom stereocenters. The molecule has 11 rings (SSSR count). The summed E-state index contributed by atoms with van der Waals surface area (Å²) in [5, 5.41) is 0. The summed E-state index contributed by atoms with van der Waals surface area (Å²) in [6.07, 6.45) is 8.23. The third kappa shape index (κ3) is 16.0. The summed E-state index contributed by atoms with van der Waals surface area (Å²) in [6.45, 7) is 26.0. The number of rotatable bonds is 0. The van der Waals surface area contributed by atoms with Crippen LogP contribution in [0.15, 0.2) is 146 Å². The summed E-state index contributed by atoms with van der Waals surface area (Å²) in [4.78, 5) is 29.7. The molecule has 0 bridgehead atoms. The van der Waals surface area contributed by atoms with E-state index in [1.54, 1.807) is 0 Å². The van der Waals surface area contributed by atoms with Crippen molar-refractivity contribution in [3.05, 3.63) is 214 Å². The molecule has 77 heavy (non-hydrogen) atoms. The van der Waals surface area contributed by atoms with Crippen LogP contribution >= 0.6 is 0 Å². The van der Waals surface area contributed by atoms with E-state index in [9.17, 15) is 9.59 Å². The van der Waals surface area contributed by atoms with Gasteiger partial charge in [0.15, 0.2) is 0 Å². The van der Waals surface area contributed by atoms with E-state index in [0.717, 1.165) is 87.3 Å². The molecule has 4 nitrogen and oxygen atoms in total. The summed E-state index contributed by atoms with van der Waals surface area (Å²) in [6, 6.07) is 47.9. The molecule has 2 unspecified atom stereocenters. The maximum Gasteiger partial charge on any atom is 2.00 e. The van der Waals surface area contributed by atoms with Crippen LogP contribution in [0, 0.1) is 119 Å². The number of fused-ring (bicyclic) bond motifs is 7. The zero-order valence-electron chi connectivity index (χ0n) is 47.6. The Labute approximate surface area is 487 Å². The van der Waals surface area contributed by atoms with E-state index >= 15 is 0 Å². The summed E-state index contributed by atoms with van der Waals surface area (Å²) in [5.74, 6) is 30.3. The van der Waals surface area contributed by atoms with Gasteiger partial charge in [-0.15, -0.1) is 29.9 Å². The maximum absolute atomic E-state index is 13.1. The average molecular weight is 1240 g/mol. The second-order valence-electron chi connectivity index (χ2n) is 23.7. The molecule has 2 heterocycles. The summed E-state index contributed by atoms with van der Waals surface area (Å²) < 4.78 is 0. The Morgan fingerprint density at radius 2 is 0.948 bits per heavy atom. The van der Waals surface area contributed by atoms with Gasteiger partial charge < -0.3 is 15.7 Å². The number of nitrogens with zero attached hydrogens (tertiary/aromatic N) is 2. The van der Waals surface area contributed by atoms with Crippen LogP contribution in [-0.2, 0) is 17.8 Å². The van der Waals surface area contributed by atoms with E-state index < -0.39 is 5.41 Å². The van der Waals surface area contributed by atoms with Crippen molar-refractivity contribution in [3.8, 4) is 47.4 Å². The van der Waals surface area contributed by atoms with Crippen molar-refractivity contribution in [2.75, 3.05) is 9.80 Å². The van der Waals surface area contributed by atoms with Gasteiger partial charge in [-0.3, -0.25) is 9.59 Å². The molecule has 0 spiro atoms. The second kappa shape index (κ2) is 26.7. The predicted octanol–water partition coefficient (Wildman–Crippen LogP) is 16.1. The van der Waals surface area contributed by atoms with Crippen molar-refractivity contribution < 1.29 is 40.7 Å². The molecule has 5 aliphatic rings. The Kier molecular flexibility index (Phi) is 20.7. The van der Waals surface area contributed by atoms with Gasteiger partial charge >= 0.3 is 31.1 Å². The minimum Gasteiger partial charge on any atom is -0.323 e. The van der Waals surface area contributed by atoms with Gasteiger partial charge in [-0.2, -0.15) is 38.8 Å². The van der Waals surface area contributed by atoms with Crippen molar-refractivity contribution in [2.45, 2.75) is 127 Å². The van der Waals surface area contributed by atoms with Gasteiger partial charge in [0.25, 0.3) is 5.91 Å². The molecule has 0 N–H and O–H groups in total. The number of hydrogen-bond acceptors (Lipinski definition) is 2. The second-order valence-corrected chi connectivity index (χ2v) is 23.7. The first kappa shape index (κ1) is 59.7. The van der Waals surface area contributed by atoms with E-state index in [4.69, 9.17) is 0 Å². The number of hydrogen-bond donors (Lipinski definition) is 0. The third-order valence-electron chi connectivity index (χ3n) is 13.8. The summed E-state index contributed by atoms with van der Waals surface area (Å²) in [5.41, 5.74) is 11.7. The molecule has 5 heteroatoms. The number of carbonyl (C=O) groups is 2. The van der Waals surface area contributed by atoms with Crippen LogP contribution < -0.4 is 9.80 Å². The zero-order valence-corrected chi connectivity index (χ0v) is 51.8. The molecular formula is C72H76N2O2U. The molecule has 2 aliphatic heterocycles. The minimum atomic E-state index is -0.436. The molecule has 6 aromatic rings. The van der Waals surface area contributed by atoms with E-state index in [0.29, 0.717) is 17.5 Å². The van der Waals surface area contributed by atoms with E-state index in [-0.39, 0.29) is 48.5 Å². The topological polar surface area (TPSA) is 40.6 Å². The maximum atomic E-state index is 13.1. The standard InChI is InChI=1S/C20H19NO.C19H17NO.C16H11.C13H20.C4H9.U/c1-20(2,3)19(22)21-14-17-10-5-4-8-15(17)12-13-16-9-6-7-11-18(16)21;1-19(2,3)20-17-11-7-5-9-15(17)13-12-14-8-4-6-10-16(14)18(20)21;1-2-6-14-11-12-16-8-4-3-7-15(16)10-9-13(14)5-1;1-13(2,3)12-10-8-6-4-5-7-9-11(10)12;1-4(2)3;/h4-11H,14H2,1-3H3;4-11H,1-3H3;1-9H,10H2;10-12H,6-9H2,1-3H3;1-3H3;/q;;-1;;-1;+2. The van der Waals surface area contributed by atoms with Crippen molar-refractivity contribution in [1.82, 2.24) is 0 Å². The molecule has 3 aliphatic carbocycles. The molecule has 390 valence electrons. The first-order valence-corrected chi connectivity index (χ1v) is 27.0. The number of amides is 2. The van der Waals surface area contributed by atoms with Gasteiger partial charge in [0.2, 0.25) is 5.91 Å². The number of anilines is 2. The van der Waals surface area contributed by atoms with E-state index in [1.165, 1.54) is 29.9 Å². The third-order valence-corrected chi connectivity index (χ3v) is 13.8. The number of carbonyl (C=O) groups excluding carboxylic acids is 2. The van der Waals surface area contributed by atoms with Crippen molar-refractivity contribution in [2.24, 2.45) is 28.6 Å². The van der Waals surface area contributed by atoms with Crippen LogP contribution in [0.1, 0.15) is 169 Å². The Morgan fingerprint density at radius 3 is 1.51 bits per heavy atom. The van der Waals surface area contributed by atoms with Crippen LogP contribution in [0.4, 0.5) is 11.4 Å². The molecule has 0 radical (unpaired) electrons. The van der Waals surface area contributed by atoms with Gasteiger partial charge in [0, 0.05) is 51.6 Å². The van der Waals surface area contributed by atoms with E-state index in [1.807, 2.05) is 161 Å². The Bertz CT molecular complexity index is 3220. The Morgan fingerprint density at radius 1 is 0.532 bits per heavy atom. The van der Waals surface area contributed by atoms with Gasteiger partial charge in [-0.05, 0) is 116 Å². The monoisotopic (exact) mass is 1240 g/mol. The van der Waals surface area contributed by atoms with Crippen LogP contribution in [0.3, 0.4) is 0 Å². The molecule has 2 amide bonds. The molecule has 0 saturated heterocycles. The molecule has 1 saturated carbocycles. The normalized spacial score (nSPS) is 16.8. The minimum absolute atomic E-state index is 0. The van der Waals surface area contributed by atoms with Crippen LogP contribution in [-0.4, -0.2) is 17.4 Å². The van der Waals surface area contributed by atoms with Crippen LogP contribution in [0.2, 0.25) is 0 Å². The molecule has 0 aromatic heterocycles. The molecular weight excluding hydrogens is 1160 g/mol. The Hall–Kier alpha value is -6.58. The smallest absolute Gasteiger partial charge is 0.323 e. The summed E-state index contributed by atoms with van der Waals surface area (Å²) >= 11 is 0. The van der Waals surface area contributed by atoms with Crippen molar-refractivity contribution in [3.63, 3.8) is 0 Å². The van der Waals surface area contributed by atoms with Crippen molar-refractivity contribution >= 4 is 23.2 Å². The summed E-state index contributed by atoms with van der Waals surface area (Å²) in [7, 11) is 0. The number of para-hydroxylation sites is 2. The van der Waals surface area contributed by atoms with Crippen LogP contribution in [0.25, 0.3) is 0 Å². The van der Waals surface area contributed by atoms with Gasteiger partial charge in [0.05, 0.1) is 23.5 Å².